The first kappa shape index (κ1) is 38.7. The van der Waals surface area contributed by atoms with Crippen molar-refractivity contribution in [2.24, 2.45) is 11.3 Å². The van der Waals surface area contributed by atoms with E-state index in [1.54, 1.807) is 42.5 Å². The van der Waals surface area contributed by atoms with E-state index >= 15 is 0 Å². The largest absolute Gasteiger partial charge is 0.371 e. The molecule has 0 aromatic heterocycles. The van der Waals surface area contributed by atoms with Gasteiger partial charge in [0.2, 0.25) is 17.5 Å². The number of nitrogens with one attached hydrogen (secondary N) is 1. The van der Waals surface area contributed by atoms with Crippen LogP contribution in [0.5, 0.6) is 0 Å². The van der Waals surface area contributed by atoms with Gasteiger partial charge in [0, 0.05) is 112 Å². The highest BCUT2D eigenvalue weighted by molar-refractivity contribution is 6.33. The van der Waals surface area contributed by atoms with Crippen LogP contribution < -0.4 is 15.1 Å². The summed E-state index contributed by atoms with van der Waals surface area (Å²) >= 11 is 6.32. The van der Waals surface area contributed by atoms with Crippen LogP contribution in [0.1, 0.15) is 73.5 Å². The Morgan fingerprint density at radius 3 is 2.08 bits per heavy atom. The first-order chi connectivity index (χ1) is 28.5. The van der Waals surface area contributed by atoms with Crippen molar-refractivity contribution < 1.29 is 28.8 Å². The lowest BCUT2D eigenvalue weighted by molar-refractivity contribution is -0.136. The number of imide groups is 2. The summed E-state index contributed by atoms with van der Waals surface area (Å²) in [5.74, 6) is -1.75. The molecular weight excluding hydrogens is 772 g/mol. The molecule has 1 unspecified atom stereocenters. The van der Waals surface area contributed by atoms with Gasteiger partial charge in [-0.25, -0.2) is 4.85 Å². The third-order valence-corrected chi connectivity index (χ3v) is 13.5. The fourth-order valence-corrected chi connectivity index (χ4v) is 9.95. The lowest BCUT2D eigenvalue weighted by atomic mass is 9.77. The van der Waals surface area contributed by atoms with Gasteiger partial charge in [0.05, 0.1) is 17.7 Å². The van der Waals surface area contributed by atoms with Crippen molar-refractivity contribution in [2.75, 3.05) is 81.8 Å². The SMILES string of the molecule is [C-]#[N+]c1ccc(N2CCC3(CCN(C(=O)c4cccc(C(=O)N5CCN(CC6CN(c7ccc8c(c7)C(=O)N(C7CCC(=O)NC7=O)C8=O)C6)CC5)c4)CC3)C2)cc1Cl. The number of hydrogen-bond acceptors (Lipinski definition) is 9. The van der Waals surface area contributed by atoms with Crippen LogP contribution in [0.3, 0.4) is 0 Å². The van der Waals surface area contributed by atoms with Gasteiger partial charge in [-0.05, 0) is 79.6 Å². The number of likely N-dealkylation sites (tertiary alicyclic amines) is 1. The van der Waals surface area contributed by atoms with Crippen LogP contribution in [0.4, 0.5) is 17.1 Å². The van der Waals surface area contributed by atoms with Crippen molar-refractivity contribution in [2.45, 2.75) is 38.1 Å². The zero-order chi connectivity index (χ0) is 41.0. The predicted molar refractivity (Wildman–Crippen MR) is 220 cm³/mol. The molecule has 6 aliphatic heterocycles. The van der Waals surface area contributed by atoms with Gasteiger partial charge in [0.25, 0.3) is 23.6 Å². The summed E-state index contributed by atoms with van der Waals surface area (Å²) in [7, 11) is 0. The van der Waals surface area contributed by atoms with E-state index in [1.165, 1.54) is 0 Å². The molecule has 6 heterocycles. The van der Waals surface area contributed by atoms with E-state index < -0.39 is 29.7 Å². The van der Waals surface area contributed by atoms with Gasteiger partial charge in [0.1, 0.15) is 6.04 Å². The molecule has 1 N–H and O–H groups in total. The molecule has 3 aromatic carbocycles. The van der Waals surface area contributed by atoms with Crippen LogP contribution in [0.25, 0.3) is 4.85 Å². The molecule has 304 valence electrons. The van der Waals surface area contributed by atoms with Gasteiger partial charge in [0.15, 0.2) is 0 Å². The number of piperidine rings is 2. The van der Waals surface area contributed by atoms with Crippen LogP contribution in [0, 0.1) is 17.9 Å². The smallest absolute Gasteiger partial charge is 0.262 e. The normalized spacial score (nSPS) is 22.1. The van der Waals surface area contributed by atoms with Gasteiger partial charge in [-0.2, -0.15) is 0 Å². The quantitative estimate of drug-likeness (QED) is 0.273. The monoisotopic (exact) mass is 816 g/mol. The first-order valence-corrected chi connectivity index (χ1v) is 20.8. The average molecular weight is 817 g/mol. The number of fused-ring (bicyclic) bond motifs is 1. The van der Waals surface area contributed by atoms with Crippen molar-refractivity contribution in [3.8, 4) is 0 Å². The third kappa shape index (κ3) is 7.31. The second-order valence-electron chi connectivity index (χ2n) is 16.8. The zero-order valence-electron chi connectivity index (χ0n) is 32.7. The Hall–Kier alpha value is -5.78. The molecule has 1 atom stereocenters. The molecule has 14 nitrogen and oxygen atoms in total. The first-order valence-electron chi connectivity index (χ1n) is 20.4. The number of hydrogen-bond donors (Lipinski definition) is 1. The molecule has 6 aliphatic rings. The maximum Gasteiger partial charge on any atom is 0.262 e. The van der Waals surface area contributed by atoms with E-state index in [2.05, 4.69) is 24.9 Å². The predicted octanol–water partition coefficient (Wildman–Crippen LogP) is 4.32. The Morgan fingerprint density at radius 2 is 1.41 bits per heavy atom. The van der Waals surface area contributed by atoms with Crippen LogP contribution in [-0.2, 0) is 9.59 Å². The van der Waals surface area contributed by atoms with E-state index in [-0.39, 0.29) is 41.2 Å². The maximum absolute atomic E-state index is 13.7. The summed E-state index contributed by atoms with van der Waals surface area (Å²) < 4.78 is 0. The second kappa shape index (κ2) is 15.4. The highest BCUT2D eigenvalue weighted by Gasteiger charge is 2.45. The minimum absolute atomic E-state index is 0.0422. The highest BCUT2D eigenvalue weighted by atomic mass is 35.5. The van der Waals surface area contributed by atoms with Crippen LogP contribution in [0.15, 0.2) is 60.7 Å². The number of amides is 6. The molecule has 6 amide bonds. The minimum Gasteiger partial charge on any atom is -0.371 e. The van der Waals surface area contributed by atoms with E-state index in [1.807, 2.05) is 28.0 Å². The average Bonchev–Trinajstić information content (AvgIpc) is 3.76. The highest BCUT2D eigenvalue weighted by Crippen LogP contribution is 2.43. The van der Waals surface area contributed by atoms with E-state index in [4.69, 9.17) is 18.2 Å². The number of nitrogens with zero attached hydrogens (tertiary/aromatic N) is 7. The van der Waals surface area contributed by atoms with E-state index in [0.29, 0.717) is 53.9 Å². The van der Waals surface area contributed by atoms with Gasteiger partial charge in [-0.1, -0.05) is 23.7 Å². The number of benzene rings is 3. The number of rotatable bonds is 7. The fraction of sp³-hybridized carbons (Fsp3) is 0.432. The lowest BCUT2D eigenvalue weighted by Gasteiger charge is -2.45. The Morgan fingerprint density at radius 1 is 0.763 bits per heavy atom. The van der Waals surface area contributed by atoms with Crippen molar-refractivity contribution >= 4 is 64.1 Å². The summed E-state index contributed by atoms with van der Waals surface area (Å²) in [5, 5.41) is 2.70. The van der Waals surface area contributed by atoms with E-state index in [0.717, 1.165) is 81.4 Å². The molecule has 3 aromatic rings. The molecule has 9 rings (SSSR count). The minimum atomic E-state index is -0.990. The molecule has 0 saturated carbocycles. The van der Waals surface area contributed by atoms with Crippen molar-refractivity contribution in [3.05, 3.63) is 99.4 Å². The summed E-state index contributed by atoms with van der Waals surface area (Å²) in [5.41, 5.74) is 4.08. The number of carbonyl (C=O) groups is 6. The fourth-order valence-electron chi connectivity index (χ4n) is 9.73. The Kier molecular flexibility index (Phi) is 10.1. The maximum atomic E-state index is 13.7. The topological polar surface area (TPSA) is 138 Å². The van der Waals surface area contributed by atoms with E-state index in [9.17, 15) is 28.8 Å². The Labute approximate surface area is 347 Å². The molecule has 0 aliphatic carbocycles. The Balaban J connectivity index is 0.730. The zero-order valence-corrected chi connectivity index (χ0v) is 33.5. The number of carbonyl (C=O) groups excluding carboxylic acids is 6. The van der Waals surface area contributed by atoms with Crippen LogP contribution in [-0.4, -0.2) is 133 Å². The lowest BCUT2D eigenvalue weighted by Crippen LogP contribution is -2.55. The molecule has 0 radical (unpaired) electrons. The molecular formula is C44H45ClN8O6. The number of halogens is 1. The van der Waals surface area contributed by atoms with Crippen molar-refractivity contribution in [1.82, 2.24) is 24.9 Å². The molecule has 0 bridgehead atoms. The summed E-state index contributed by atoms with van der Waals surface area (Å²) in [6.07, 6.45) is 3.07. The summed E-state index contributed by atoms with van der Waals surface area (Å²) in [4.78, 5) is 92.9. The van der Waals surface area contributed by atoms with Crippen LogP contribution >= 0.6 is 11.6 Å². The Bertz CT molecular complexity index is 2310. The van der Waals surface area contributed by atoms with Gasteiger partial charge >= 0.3 is 0 Å². The number of anilines is 2. The molecule has 15 heteroatoms. The molecule has 59 heavy (non-hydrogen) atoms. The molecule has 1 spiro atoms. The molecule has 5 saturated heterocycles. The van der Waals surface area contributed by atoms with Gasteiger partial charge in [-0.3, -0.25) is 43.9 Å². The van der Waals surface area contributed by atoms with Crippen molar-refractivity contribution in [3.63, 3.8) is 0 Å². The van der Waals surface area contributed by atoms with Gasteiger partial charge in [-0.15, -0.1) is 0 Å². The second-order valence-corrected chi connectivity index (χ2v) is 17.2. The summed E-state index contributed by atoms with van der Waals surface area (Å²) in [6, 6.07) is 17.0. The van der Waals surface area contributed by atoms with Crippen molar-refractivity contribution in [1.29, 1.82) is 0 Å². The molecule has 5 fully saturated rings. The summed E-state index contributed by atoms with van der Waals surface area (Å²) in [6.45, 7) is 15.6. The standard InChI is InChI=1S/C44H45ClN8O6/c1-46-36-8-6-32(23-35(36)45)51-16-13-44(27-51)11-14-49(15-12-44)40(56)29-3-2-4-30(21-29)41(57)50-19-17-48(18-20-50)24-28-25-52(26-28)31-5-7-33-34(22-31)43(59)53(42(33)58)37-9-10-38(54)47-39(37)55/h2-8,21-23,28,37H,9-20,24-27H2,(H,47,54,55). The third-order valence-electron chi connectivity index (χ3n) is 13.2. The number of piperazine rings is 1. The van der Waals surface area contributed by atoms with Crippen LogP contribution in [0.2, 0.25) is 5.02 Å². The van der Waals surface area contributed by atoms with Gasteiger partial charge < -0.3 is 19.6 Å².